The molecule has 0 bridgehead atoms. The summed E-state index contributed by atoms with van der Waals surface area (Å²) in [4.78, 5) is 26.5. The molecule has 0 atom stereocenters. The van der Waals surface area contributed by atoms with Crippen LogP contribution in [0.3, 0.4) is 0 Å². The average molecular weight is 422 g/mol. The fourth-order valence-corrected chi connectivity index (χ4v) is 3.45. The maximum Gasteiger partial charge on any atom is 0.377 e. The second-order valence-electron chi connectivity index (χ2n) is 7.42. The number of carbonyl (C=O) groups excluding carboxylic acids is 1. The van der Waals surface area contributed by atoms with E-state index in [1.54, 1.807) is 31.3 Å². The highest BCUT2D eigenvalue weighted by atomic mass is 35.5. The van der Waals surface area contributed by atoms with Gasteiger partial charge in [0.15, 0.2) is 0 Å². The third-order valence-electron chi connectivity index (χ3n) is 5.02. The number of nitrogens with zero attached hydrogens (tertiary/aromatic N) is 5. The van der Waals surface area contributed by atoms with Crippen molar-refractivity contribution in [2.75, 3.05) is 13.6 Å². The quantitative estimate of drug-likeness (QED) is 0.360. The highest BCUT2D eigenvalue weighted by molar-refractivity contribution is 6.32. The van der Waals surface area contributed by atoms with Crippen LogP contribution in [-0.2, 0) is 0 Å². The zero-order valence-electron chi connectivity index (χ0n) is 17.5. The van der Waals surface area contributed by atoms with Crippen LogP contribution in [0.4, 0.5) is 4.79 Å². The number of unbranched alkanes of at least 4 members (excludes halogenated alkanes) is 9. The van der Waals surface area contributed by atoms with Crippen LogP contribution in [0.2, 0.25) is 5.02 Å². The van der Waals surface area contributed by atoms with Crippen molar-refractivity contribution in [2.24, 2.45) is 0 Å². The van der Waals surface area contributed by atoms with Gasteiger partial charge in [0.05, 0.1) is 10.7 Å². The SMILES string of the molecule is CCCCCCCCCCCCN(C)C(=O)n1nnn(-c2ccccc2Cl)c1=O. The molecule has 0 unspecified atom stereocenters. The summed E-state index contributed by atoms with van der Waals surface area (Å²) in [5.74, 6) is 0. The molecule has 0 aliphatic rings. The number of hydrogen-bond donors (Lipinski definition) is 0. The first kappa shape index (κ1) is 23.1. The van der Waals surface area contributed by atoms with E-state index in [0.29, 0.717) is 17.3 Å². The predicted molar refractivity (Wildman–Crippen MR) is 116 cm³/mol. The number of hydrogen-bond acceptors (Lipinski definition) is 4. The maximum atomic E-state index is 12.5. The van der Waals surface area contributed by atoms with E-state index in [1.807, 2.05) is 0 Å². The normalized spacial score (nSPS) is 11.0. The van der Waals surface area contributed by atoms with E-state index in [0.717, 1.165) is 22.2 Å². The zero-order valence-corrected chi connectivity index (χ0v) is 18.3. The van der Waals surface area contributed by atoms with Crippen LogP contribution < -0.4 is 5.69 Å². The summed E-state index contributed by atoms with van der Waals surface area (Å²) in [7, 11) is 1.68. The Morgan fingerprint density at radius 1 is 0.966 bits per heavy atom. The number of carbonyl (C=O) groups is 1. The number of rotatable bonds is 12. The Bertz CT molecular complexity index is 817. The molecular formula is C21H32ClN5O2. The second-order valence-corrected chi connectivity index (χ2v) is 7.83. The van der Waals surface area contributed by atoms with Crippen LogP contribution in [0, 0.1) is 0 Å². The number of halogens is 1. The van der Waals surface area contributed by atoms with E-state index >= 15 is 0 Å². The molecule has 1 aromatic heterocycles. The van der Waals surface area contributed by atoms with Gasteiger partial charge in [0.2, 0.25) is 0 Å². The lowest BCUT2D eigenvalue weighted by Gasteiger charge is -2.15. The van der Waals surface area contributed by atoms with Crippen molar-refractivity contribution in [2.45, 2.75) is 71.1 Å². The maximum absolute atomic E-state index is 12.5. The van der Waals surface area contributed by atoms with Gasteiger partial charge in [-0.15, -0.1) is 4.68 Å². The highest BCUT2D eigenvalue weighted by Gasteiger charge is 2.19. The van der Waals surface area contributed by atoms with Gasteiger partial charge in [-0.1, -0.05) is 88.4 Å². The van der Waals surface area contributed by atoms with Gasteiger partial charge in [-0.25, -0.2) is 9.59 Å². The number of para-hydroxylation sites is 1. The minimum absolute atomic E-state index is 0.368. The van der Waals surface area contributed by atoms with E-state index in [4.69, 9.17) is 11.6 Å². The summed E-state index contributed by atoms with van der Waals surface area (Å²) in [6.45, 7) is 2.82. The number of amides is 1. The van der Waals surface area contributed by atoms with Crippen molar-refractivity contribution >= 4 is 17.6 Å². The van der Waals surface area contributed by atoms with Gasteiger partial charge in [0.1, 0.15) is 0 Å². The molecule has 2 rings (SSSR count). The number of tetrazole rings is 1. The van der Waals surface area contributed by atoms with Crippen molar-refractivity contribution in [1.82, 2.24) is 24.7 Å². The van der Waals surface area contributed by atoms with Gasteiger partial charge in [-0.05, 0) is 29.0 Å². The number of benzene rings is 1. The molecule has 0 fully saturated rings. The van der Waals surface area contributed by atoms with Crippen LogP contribution in [0.5, 0.6) is 0 Å². The van der Waals surface area contributed by atoms with Crippen molar-refractivity contribution in [3.05, 3.63) is 39.8 Å². The first-order valence-electron chi connectivity index (χ1n) is 10.6. The van der Waals surface area contributed by atoms with Gasteiger partial charge in [0.25, 0.3) is 0 Å². The third-order valence-corrected chi connectivity index (χ3v) is 5.34. The van der Waals surface area contributed by atoms with Crippen molar-refractivity contribution < 1.29 is 4.79 Å². The predicted octanol–water partition coefficient (Wildman–Crippen LogP) is 4.90. The van der Waals surface area contributed by atoms with Gasteiger partial charge in [-0.3, -0.25) is 0 Å². The van der Waals surface area contributed by atoms with Crippen LogP contribution in [0.25, 0.3) is 5.69 Å². The lowest BCUT2D eigenvalue weighted by molar-refractivity contribution is 0.204. The van der Waals surface area contributed by atoms with Gasteiger partial charge in [0, 0.05) is 13.6 Å². The Kier molecular flexibility index (Phi) is 9.91. The fourth-order valence-electron chi connectivity index (χ4n) is 3.23. The van der Waals surface area contributed by atoms with Crippen LogP contribution >= 0.6 is 11.6 Å². The molecule has 7 nitrogen and oxygen atoms in total. The molecule has 1 aromatic carbocycles. The molecule has 8 heteroatoms. The van der Waals surface area contributed by atoms with Crippen molar-refractivity contribution in [1.29, 1.82) is 0 Å². The molecule has 0 spiro atoms. The van der Waals surface area contributed by atoms with Crippen LogP contribution in [0.1, 0.15) is 71.1 Å². The van der Waals surface area contributed by atoms with Crippen LogP contribution in [0.15, 0.2) is 29.1 Å². The fraction of sp³-hybridized carbons (Fsp3) is 0.619. The van der Waals surface area contributed by atoms with Gasteiger partial charge < -0.3 is 4.90 Å². The average Bonchev–Trinajstić information content (AvgIpc) is 3.10. The molecule has 0 saturated heterocycles. The molecular weight excluding hydrogens is 390 g/mol. The van der Waals surface area contributed by atoms with Gasteiger partial charge in [-0.2, -0.15) is 4.68 Å². The minimum Gasteiger partial charge on any atom is -0.326 e. The molecule has 1 heterocycles. The molecule has 160 valence electrons. The number of aromatic nitrogens is 4. The topological polar surface area (TPSA) is 73.0 Å². The monoisotopic (exact) mass is 421 g/mol. The molecule has 0 N–H and O–H groups in total. The second kappa shape index (κ2) is 12.4. The zero-order chi connectivity index (χ0) is 21.1. The first-order chi connectivity index (χ1) is 14.1. The summed E-state index contributed by atoms with van der Waals surface area (Å²) >= 11 is 6.10. The summed E-state index contributed by atoms with van der Waals surface area (Å²) < 4.78 is 1.81. The Labute approximate surface area is 177 Å². The summed E-state index contributed by atoms with van der Waals surface area (Å²) in [6.07, 6.45) is 12.3. The molecule has 0 saturated carbocycles. The Morgan fingerprint density at radius 3 is 2.17 bits per heavy atom. The van der Waals surface area contributed by atoms with E-state index in [-0.39, 0.29) is 0 Å². The Morgan fingerprint density at radius 2 is 1.55 bits per heavy atom. The smallest absolute Gasteiger partial charge is 0.326 e. The largest absolute Gasteiger partial charge is 0.377 e. The lowest BCUT2D eigenvalue weighted by atomic mass is 10.1. The minimum atomic E-state index is -0.627. The lowest BCUT2D eigenvalue weighted by Crippen LogP contribution is -2.39. The van der Waals surface area contributed by atoms with E-state index < -0.39 is 11.7 Å². The molecule has 2 aromatic rings. The van der Waals surface area contributed by atoms with E-state index in [9.17, 15) is 9.59 Å². The molecule has 0 aliphatic carbocycles. The van der Waals surface area contributed by atoms with Crippen LogP contribution in [-0.4, -0.2) is 44.3 Å². The Hall–Kier alpha value is -2.15. The van der Waals surface area contributed by atoms with Gasteiger partial charge >= 0.3 is 11.7 Å². The summed E-state index contributed by atoms with van der Waals surface area (Å²) in [5, 5.41) is 7.88. The molecule has 29 heavy (non-hydrogen) atoms. The molecule has 0 aliphatic heterocycles. The first-order valence-corrected chi connectivity index (χ1v) is 11.0. The molecule has 1 amide bonds. The highest BCUT2D eigenvalue weighted by Crippen LogP contribution is 2.16. The molecule has 0 radical (unpaired) electrons. The van der Waals surface area contributed by atoms with E-state index in [2.05, 4.69) is 17.4 Å². The Balaban J connectivity index is 1.74. The summed E-state index contributed by atoms with van der Waals surface area (Å²) in [6, 6.07) is 6.32. The van der Waals surface area contributed by atoms with E-state index in [1.165, 1.54) is 56.3 Å². The standard InChI is InChI=1S/C21H32ClN5O2/c1-3-4-5-6-7-8-9-10-11-14-17-25(2)20(28)27-21(29)26(23-24-27)19-16-13-12-15-18(19)22/h12-13,15-16H,3-11,14,17H2,1-2H3. The third kappa shape index (κ3) is 6.99. The van der Waals surface area contributed by atoms with Crippen molar-refractivity contribution in [3.8, 4) is 5.69 Å². The van der Waals surface area contributed by atoms with Crippen molar-refractivity contribution in [3.63, 3.8) is 0 Å². The summed E-state index contributed by atoms with van der Waals surface area (Å²) in [5.41, 5.74) is -0.228.